The normalized spacial score (nSPS) is 15.9. The third-order valence-corrected chi connectivity index (χ3v) is 5.39. The Morgan fingerprint density at radius 1 is 1.14 bits per heavy atom. The standard InChI is InChI=1S/C21H14ClN3O4/c1-10-7-15-12(9-13(10)22)19(26)17-18(14-5-3-4-6-23-14)25(21(27)20(17)28-15)16-8-11(2)29-24-16/h3-9,18H,1-2H3. The Kier molecular flexibility index (Phi) is 3.82. The Labute approximate surface area is 169 Å². The van der Waals surface area contributed by atoms with Gasteiger partial charge in [0.15, 0.2) is 11.2 Å². The molecule has 1 atom stereocenters. The van der Waals surface area contributed by atoms with Crippen molar-refractivity contribution in [1.82, 2.24) is 10.1 Å². The number of hydrogen-bond donors (Lipinski definition) is 0. The van der Waals surface area contributed by atoms with Crippen LogP contribution in [0.3, 0.4) is 0 Å². The molecule has 0 N–H and O–H groups in total. The summed E-state index contributed by atoms with van der Waals surface area (Å²) in [6.45, 7) is 3.53. The summed E-state index contributed by atoms with van der Waals surface area (Å²) in [7, 11) is 0. The first-order chi connectivity index (χ1) is 14.0. The number of amides is 1. The molecule has 0 aliphatic carbocycles. The molecule has 8 heteroatoms. The maximum atomic E-state index is 13.4. The number of hydrogen-bond acceptors (Lipinski definition) is 6. The van der Waals surface area contributed by atoms with Crippen LogP contribution in [0.25, 0.3) is 11.0 Å². The number of aryl methyl sites for hydroxylation is 2. The number of carbonyl (C=O) groups is 1. The summed E-state index contributed by atoms with van der Waals surface area (Å²) < 4.78 is 11.1. The first-order valence-corrected chi connectivity index (χ1v) is 9.28. The van der Waals surface area contributed by atoms with Crippen molar-refractivity contribution in [2.24, 2.45) is 0 Å². The lowest BCUT2D eigenvalue weighted by atomic mass is 10.0. The van der Waals surface area contributed by atoms with Gasteiger partial charge < -0.3 is 8.94 Å². The number of benzene rings is 1. The zero-order valence-electron chi connectivity index (χ0n) is 15.5. The van der Waals surface area contributed by atoms with Gasteiger partial charge in [0.2, 0.25) is 5.76 Å². The molecule has 1 unspecified atom stereocenters. The summed E-state index contributed by atoms with van der Waals surface area (Å²) in [5, 5.41) is 4.73. The highest BCUT2D eigenvalue weighted by molar-refractivity contribution is 6.32. The van der Waals surface area contributed by atoms with Crippen LogP contribution in [0.4, 0.5) is 5.82 Å². The Balaban J connectivity index is 1.84. The molecule has 1 aliphatic rings. The number of halogens is 1. The number of pyridine rings is 1. The van der Waals surface area contributed by atoms with Gasteiger partial charge in [-0.1, -0.05) is 22.8 Å². The number of nitrogens with zero attached hydrogens (tertiary/aromatic N) is 3. The molecule has 0 saturated carbocycles. The average Bonchev–Trinajstić information content (AvgIpc) is 3.26. The molecule has 1 amide bonds. The lowest BCUT2D eigenvalue weighted by Gasteiger charge is -2.21. The Bertz CT molecular complexity index is 1340. The Hall–Kier alpha value is -3.45. The second kappa shape index (κ2) is 6.28. The van der Waals surface area contributed by atoms with Crippen LogP contribution in [0.2, 0.25) is 5.02 Å². The molecule has 0 radical (unpaired) electrons. The average molecular weight is 408 g/mol. The molecule has 7 nitrogen and oxygen atoms in total. The van der Waals surface area contributed by atoms with Crippen LogP contribution < -0.4 is 10.3 Å². The van der Waals surface area contributed by atoms with Gasteiger partial charge in [-0.15, -0.1) is 0 Å². The molecule has 0 saturated heterocycles. The molecular weight excluding hydrogens is 394 g/mol. The van der Waals surface area contributed by atoms with E-state index in [0.29, 0.717) is 27.4 Å². The SMILES string of the molecule is Cc1cc(N2C(=O)c3oc4cc(C)c(Cl)cc4c(=O)c3C2c2ccccn2)no1. The zero-order chi connectivity index (χ0) is 20.3. The molecule has 1 aromatic carbocycles. The molecule has 4 heterocycles. The van der Waals surface area contributed by atoms with Gasteiger partial charge in [0, 0.05) is 17.3 Å². The van der Waals surface area contributed by atoms with Crippen LogP contribution in [0.1, 0.15) is 39.2 Å². The topological polar surface area (TPSA) is 89.4 Å². The molecule has 1 aliphatic heterocycles. The molecule has 4 aromatic rings. The van der Waals surface area contributed by atoms with E-state index in [1.807, 2.05) is 0 Å². The van der Waals surface area contributed by atoms with Crippen LogP contribution in [0.5, 0.6) is 0 Å². The summed E-state index contributed by atoms with van der Waals surface area (Å²) >= 11 is 6.23. The van der Waals surface area contributed by atoms with Crippen molar-refractivity contribution in [2.45, 2.75) is 19.9 Å². The third-order valence-electron chi connectivity index (χ3n) is 4.98. The highest BCUT2D eigenvalue weighted by Gasteiger charge is 2.45. The van der Waals surface area contributed by atoms with Crippen molar-refractivity contribution in [1.29, 1.82) is 0 Å². The summed E-state index contributed by atoms with van der Waals surface area (Å²) in [4.78, 5) is 32.5. The first kappa shape index (κ1) is 17.6. The lowest BCUT2D eigenvalue weighted by Crippen LogP contribution is -2.30. The third kappa shape index (κ3) is 2.58. The van der Waals surface area contributed by atoms with E-state index in [0.717, 1.165) is 5.56 Å². The van der Waals surface area contributed by atoms with Gasteiger partial charge in [-0.2, -0.15) is 0 Å². The first-order valence-electron chi connectivity index (χ1n) is 8.90. The number of fused-ring (bicyclic) bond motifs is 2. The lowest BCUT2D eigenvalue weighted by molar-refractivity contribution is 0.0969. The van der Waals surface area contributed by atoms with E-state index < -0.39 is 11.9 Å². The van der Waals surface area contributed by atoms with Crippen molar-refractivity contribution < 1.29 is 13.7 Å². The molecule has 0 spiro atoms. The number of aromatic nitrogens is 2. The zero-order valence-corrected chi connectivity index (χ0v) is 16.2. The van der Waals surface area contributed by atoms with Crippen LogP contribution in [-0.4, -0.2) is 16.0 Å². The van der Waals surface area contributed by atoms with Crippen molar-refractivity contribution in [3.05, 3.63) is 86.2 Å². The highest BCUT2D eigenvalue weighted by atomic mass is 35.5. The molecule has 0 fully saturated rings. The van der Waals surface area contributed by atoms with Crippen LogP contribution in [0.15, 0.2) is 56.3 Å². The van der Waals surface area contributed by atoms with Crippen LogP contribution in [0, 0.1) is 13.8 Å². The minimum atomic E-state index is -0.788. The molecule has 29 heavy (non-hydrogen) atoms. The van der Waals surface area contributed by atoms with Crippen molar-refractivity contribution in [2.75, 3.05) is 4.90 Å². The maximum absolute atomic E-state index is 13.4. The van der Waals surface area contributed by atoms with Crippen molar-refractivity contribution >= 4 is 34.3 Å². The Morgan fingerprint density at radius 3 is 2.66 bits per heavy atom. The maximum Gasteiger partial charge on any atom is 0.296 e. The van der Waals surface area contributed by atoms with E-state index in [2.05, 4.69) is 10.1 Å². The number of anilines is 1. The minimum Gasteiger partial charge on any atom is -0.450 e. The van der Waals surface area contributed by atoms with E-state index in [-0.39, 0.29) is 22.6 Å². The van der Waals surface area contributed by atoms with Gasteiger partial charge >= 0.3 is 0 Å². The largest absolute Gasteiger partial charge is 0.450 e. The van der Waals surface area contributed by atoms with Gasteiger partial charge in [0.05, 0.1) is 16.6 Å². The van der Waals surface area contributed by atoms with Crippen LogP contribution >= 0.6 is 11.6 Å². The van der Waals surface area contributed by atoms with Crippen LogP contribution in [-0.2, 0) is 0 Å². The fourth-order valence-electron chi connectivity index (χ4n) is 3.61. The fourth-order valence-corrected chi connectivity index (χ4v) is 3.78. The quantitative estimate of drug-likeness (QED) is 0.494. The predicted molar refractivity (Wildman–Crippen MR) is 106 cm³/mol. The van der Waals surface area contributed by atoms with E-state index in [9.17, 15) is 9.59 Å². The van der Waals surface area contributed by atoms with Gasteiger partial charge in [0.1, 0.15) is 17.4 Å². The van der Waals surface area contributed by atoms with Crippen molar-refractivity contribution in [3.63, 3.8) is 0 Å². The molecular formula is C21H14ClN3O4. The summed E-state index contributed by atoms with van der Waals surface area (Å²) in [6, 6.07) is 9.37. The van der Waals surface area contributed by atoms with Gasteiger partial charge in [-0.3, -0.25) is 19.5 Å². The van der Waals surface area contributed by atoms with Gasteiger partial charge in [0.25, 0.3) is 5.91 Å². The van der Waals surface area contributed by atoms with E-state index >= 15 is 0 Å². The second-order valence-corrected chi connectivity index (χ2v) is 7.31. The minimum absolute atomic E-state index is 0.0273. The van der Waals surface area contributed by atoms with Crippen molar-refractivity contribution in [3.8, 4) is 0 Å². The second-order valence-electron chi connectivity index (χ2n) is 6.90. The number of rotatable bonds is 2. The summed E-state index contributed by atoms with van der Waals surface area (Å²) in [5.74, 6) is 0.318. The van der Waals surface area contributed by atoms with E-state index in [1.165, 1.54) is 4.90 Å². The van der Waals surface area contributed by atoms with E-state index in [4.69, 9.17) is 20.5 Å². The highest BCUT2D eigenvalue weighted by Crippen LogP contribution is 2.40. The van der Waals surface area contributed by atoms with Gasteiger partial charge in [-0.05, 0) is 43.7 Å². The molecule has 5 rings (SSSR count). The molecule has 144 valence electrons. The van der Waals surface area contributed by atoms with Gasteiger partial charge in [-0.25, -0.2) is 0 Å². The Morgan fingerprint density at radius 2 is 1.97 bits per heavy atom. The number of carbonyl (C=O) groups excluding carboxylic acids is 1. The summed E-state index contributed by atoms with van der Waals surface area (Å²) in [5.41, 5.74) is 1.46. The monoisotopic (exact) mass is 407 g/mol. The van der Waals surface area contributed by atoms with E-state index in [1.54, 1.807) is 56.4 Å². The predicted octanol–water partition coefficient (Wildman–Crippen LogP) is 4.20. The molecule has 0 bridgehead atoms. The fraction of sp³-hybridized carbons (Fsp3) is 0.143. The molecule has 3 aromatic heterocycles. The smallest absolute Gasteiger partial charge is 0.296 e. The summed E-state index contributed by atoms with van der Waals surface area (Å²) in [6.07, 6.45) is 1.60.